The zero-order valence-corrected chi connectivity index (χ0v) is 8.55. The van der Waals surface area contributed by atoms with Crippen molar-refractivity contribution in [2.45, 2.75) is 32.2 Å². The molecule has 13 heavy (non-hydrogen) atoms. The van der Waals surface area contributed by atoms with Crippen molar-refractivity contribution in [1.82, 2.24) is 10.6 Å². The molecule has 1 rings (SSSR count). The average Bonchev–Trinajstić information content (AvgIpc) is 2.21. The molecule has 1 heterocycles. The van der Waals surface area contributed by atoms with Crippen LogP contribution >= 0.6 is 0 Å². The molecule has 0 saturated carbocycles. The number of rotatable bonds is 5. The molecule has 3 heteroatoms. The largest absolute Gasteiger partial charge is 0.395 e. The Morgan fingerprint density at radius 1 is 1.62 bits per heavy atom. The Labute approximate surface area is 80.9 Å². The lowest BCUT2D eigenvalue weighted by atomic mass is 9.99. The summed E-state index contributed by atoms with van der Waals surface area (Å²) in [6, 6.07) is 0.293. The van der Waals surface area contributed by atoms with Crippen molar-refractivity contribution >= 4 is 0 Å². The number of aliphatic hydroxyl groups excluding tert-OH is 1. The lowest BCUT2D eigenvalue weighted by Crippen LogP contribution is -2.40. The average molecular weight is 186 g/mol. The van der Waals surface area contributed by atoms with E-state index in [9.17, 15) is 0 Å². The third-order valence-corrected chi connectivity index (χ3v) is 2.81. The van der Waals surface area contributed by atoms with E-state index in [-0.39, 0.29) is 6.61 Å². The van der Waals surface area contributed by atoms with E-state index in [0.717, 1.165) is 25.4 Å². The second-order valence-electron chi connectivity index (χ2n) is 3.91. The van der Waals surface area contributed by atoms with Crippen LogP contribution in [0.25, 0.3) is 0 Å². The van der Waals surface area contributed by atoms with Crippen LogP contribution in [0.5, 0.6) is 0 Å². The highest BCUT2D eigenvalue weighted by Crippen LogP contribution is 2.08. The van der Waals surface area contributed by atoms with Crippen molar-refractivity contribution in [3.63, 3.8) is 0 Å². The Hall–Kier alpha value is -0.120. The van der Waals surface area contributed by atoms with E-state index in [0.29, 0.717) is 6.04 Å². The van der Waals surface area contributed by atoms with Gasteiger partial charge in [-0.05, 0) is 44.8 Å². The zero-order valence-electron chi connectivity index (χ0n) is 8.55. The van der Waals surface area contributed by atoms with Crippen molar-refractivity contribution < 1.29 is 5.11 Å². The van der Waals surface area contributed by atoms with Gasteiger partial charge in [-0.15, -0.1) is 0 Å². The van der Waals surface area contributed by atoms with Crippen LogP contribution in [-0.4, -0.2) is 37.4 Å². The summed E-state index contributed by atoms with van der Waals surface area (Å²) in [7, 11) is 0. The van der Waals surface area contributed by atoms with E-state index in [4.69, 9.17) is 5.11 Å². The van der Waals surface area contributed by atoms with E-state index < -0.39 is 0 Å². The molecule has 1 saturated heterocycles. The first-order valence-electron chi connectivity index (χ1n) is 5.41. The van der Waals surface area contributed by atoms with E-state index in [2.05, 4.69) is 17.6 Å². The molecule has 3 nitrogen and oxygen atoms in total. The van der Waals surface area contributed by atoms with Crippen molar-refractivity contribution in [2.24, 2.45) is 5.92 Å². The molecule has 2 atom stereocenters. The summed E-state index contributed by atoms with van der Waals surface area (Å²) in [5.74, 6) is 0.759. The van der Waals surface area contributed by atoms with E-state index in [1.807, 2.05) is 0 Å². The number of hydrogen-bond acceptors (Lipinski definition) is 3. The van der Waals surface area contributed by atoms with Crippen LogP contribution in [0, 0.1) is 5.92 Å². The second-order valence-corrected chi connectivity index (χ2v) is 3.91. The lowest BCUT2D eigenvalue weighted by molar-refractivity contribution is 0.228. The first kappa shape index (κ1) is 11.0. The molecule has 0 radical (unpaired) electrons. The van der Waals surface area contributed by atoms with Crippen LogP contribution in [0.2, 0.25) is 0 Å². The SMILES string of the molecule is CCC(CO)NCC1CCCNC1. The molecule has 0 spiro atoms. The summed E-state index contributed by atoms with van der Waals surface area (Å²) in [5.41, 5.74) is 0. The van der Waals surface area contributed by atoms with Gasteiger partial charge in [0.2, 0.25) is 0 Å². The van der Waals surface area contributed by atoms with Crippen LogP contribution in [0.4, 0.5) is 0 Å². The molecular weight excluding hydrogens is 164 g/mol. The summed E-state index contributed by atoms with van der Waals surface area (Å²) in [4.78, 5) is 0. The highest BCUT2D eigenvalue weighted by atomic mass is 16.3. The Morgan fingerprint density at radius 3 is 3.00 bits per heavy atom. The molecule has 78 valence electrons. The minimum absolute atomic E-state index is 0.261. The van der Waals surface area contributed by atoms with E-state index in [1.54, 1.807) is 0 Å². The second kappa shape index (κ2) is 6.35. The van der Waals surface area contributed by atoms with E-state index in [1.165, 1.54) is 19.4 Å². The van der Waals surface area contributed by atoms with Gasteiger partial charge >= 0.3 is 0 Å². The Morgan fingerprint density at radius 2 is 2.46 bits per heavy atom. The molecule has 0 aliphatic carbocycles. The summed E-state index contributed by atoms with van der Waals surface area (Å²) >= 11 is 0. The summed E-state index contributed by atoms with van der Waals surface area (Å²) in [6.07, 6.45) is 3.63. The molecule has 1 fully saturated rings. The molecule has 0 aromatic heterocycles. The van der Waals surface area contributed by atoms with Crippen LogP contribution in [-0.2, 0) is 0 Å². The van der Waals surface area contributed by atoms with Crippen molar-refractivity contribution in [3.05, 3.63) is 0 Å². The molecular formula is C10H22N2O. The number of hydrogen-bond donors (Lipinski definition) is 3. The van der Waals surface area contributed by atoms with Gasteiger partial charge < -0.3 is 15.7 Å². The molecule has 0 amide bonds. The quantitative estimate of drug-likeness (QED) is 0.580. The summed E-state index contributed by atoms with van der Waals surface area (Å²) in [6.45, 7) is 5.72. The standard InChI is InChI=1S/C10H22N2O/c1-2-10(8-13)12-7-9-4-3-5-11-6-9/h9-13H,2-8H2,1H3. The maximum absolute atomic E-state index is 8.98. The minimum atomic E-state index is 0.261. The highest BCUT2D eigenvalue weighted by molar-refractivity contribution is 4.73. The molecule has 1 aliphatic heterocycles. The molecule has 3 N–H and O–H groups in total. The predicted octanol–water partition coefficient (Wildman–Crippen LogP) is 0.346. The van der Waals surface area contributed by atoms with Gasteiger partial charge in [0, 0.05) is 6.04 Å². The molecule has 0 aromatic rings. The van der Waals surface area contributed by atoms with Gasteiger partial charge in [0.15, 0.2) is 0 Å². The van der Waals surface area contributed by atoms with Gasteiger partial charge in [-0.25, -0.2) is 0 Å². The number of nitrogens with one attached hydrogen (secondary N) is 2. The van der Waals surface area contributed by atoms with Gasteiger partial charge in [-0.2, -0.15) is 0 Å². The third-order valence-electron chi connectivity index (χ3n) is 2.81. The molecule has 0 bridgehead atoms. The van der Waals surface area contributed by atoms with Crippen molar-refractivity contribution in [2.75, 3.05) is 26.2 Å². The maximum atomic E-state index is 8.98. The van der Waals surface area contributed by atoms with Gasteiger partial charge in [-0.3, -0.25) is 0 Å². The Bertz CT molecular complexity index is 120. The fourth-order valence-corrected chi connectivity index (χ4v) is 1.77. The van der Waals surface area contributed by atoms with Crippen molar-refractivity contribution in [1.29, 1.82) is 0 Å². The zero-order chi connectivity index (χ0) is 9.52. The lowest BCUT2D eigenvalue weighted by Gasteiger charge is -2.25. The fourth-order valence-electron chi connectivity index (χ4n) is 1.77. The van der Waals surface area contributed by atoms with Crippen LogP contribution in [0.3, 0.4) is 0 Å². The highest BCUT2D eigenvalue weighted by Gasteiger charge is 2.13. The molecule has 0 aromatic carbocycles. The van der Waals surface area contributed by atoms with Gasteiger partial charge in [0.1, 0.15) is 0 Å². The van der Waals surface area contributed by atoms with Gasteiger partial charge in [-0.1, -0.05) is 6.92 Å². The first-order valence-corrected chi connectivity index (χ1v) is 5.41. The van der Waals surface area contributed by atoms with Crippen LogP contribution in [0.1, 0.15) is 26.2 Å². The van der Waals surface area contributed by atoms with Crippen LogP contribution < -0.4 is 10.6 Å². The Kier molecular flexibility index (Phi) is 5.35. The smallest absolute Gasteiger partial charge is 0.0584 e. The topological polar surface area (TPSA) is 44.3 Å². The van der Waals surface area contributed by atoms with Gasteiger partial charge in [0.25, 0.3) is 0 Å². The van der Waals surface area contributed by atoms with E-state index >= 15 is 0 Å². The third kappa shape index (κ3) is 4.07. The minimum Gasteiger partial charge on any atom is -0.395 e. The number of aliphatic hydroxyl groups is 1. The molecule has 2 unspecified atom stereocenters. The number of piperidine rings is 1. The monoisotopic (exact) mass is 186 g/mol. The fraction of sp³-hybridized carbons (Fsp3) is 1.00. The summed E-state index contributed by atoms with van der Waals surface area (Å²) in [5, 5.41) is 15.8. The van der Waals surface area contributed by atoms with Crippen molar-refractivity contribution in [3.8, 4) is 0 Å². The van der Waals surface area contributed by atoms with Gasteiger partial charge in [0.05, 0.1) is 6.61 Å². The first-order chi connectivity index (χ1) is 6.36. The van der Waals surface area contributed by atoms with Crippen LogP contribution in [0.15, 0.2) is 0 Å². The maximum Gasteiger partial charge on any atom is 0.0584 e. The molecule has 1 aliphatic rings. The Balaban J connectivity index is 2.09. The predicted molar refractivity (Wildman–Crippen MR) is 54.8 cm³/mol. The normalized spacial score (nSPS) is 25.8. The summed E-state index contributed by atoms with van der Waals surface area (Å²) < 4.78 is 0.